The van der Waals surface area contributed by atoms with Gasteiger partial charge >= 0.3 is 0 Å². The summed E-state index contributed by atoms with van der Waals surface area (Å²) in [6.07, 6.45) is 2.64. The van der Waals surface area contributed by atoms with Crippen molar-refractivity contribution in [2.75, 3.05) is 31.6 Å². The molecule has 1 amide bonds. The number of nitrogens with one attached hydrogen (secondary N) is 1. The fraction of sp³-hybridized carbons (Fsp3) is 0.588. The highest BCUT2D eigenvalue weighted by Crippen LogP contribution is 2.28. The molecule has 3 rings (SSSR count). The SMILES string of the molecule is CC1CN(C)c2ccccc2CN1C(=O)CNCC1CC1.Cl.Cl. The molecular formula is C17H27Cl2N3O. The summed E-state index contributed by atoms with van der Waals surface area (Å²) in [5.74, 6) is 1.03. The molecule has 1 aliphatic heterocycles. The van der Waals surface area contributed by atoms with Gasteiger partial charge in [0.15, 0.2) is 0 Å². The Morgan fingerprint density at radius 2 is 1.96 bits per heavy atom. The number of rotatable bonds is 4. The fourth-order valence-corrected chi connectivity index (χ4v) is 3.09. The number of hydrogen-bond acceptors (Lipinski definition) is 3. The second-order valence-corrected chi connectivity index (χ2v) is 6.45. The monoisotopic (exact) mass is 359 g/mol. The zero-order valence-corrected chi connectivity index (χ0v) is 15.5. The van der Waals surface area contributed by atoms with E-state index >= 15 is 0 Å². The number of halogens is 2. The van der Waals surface area contributed by atoms with Gasteiger partial charge in [0, 0.05) is 31.9 Å². The van der Waals surface area contributed by atoms with E-state index in [1.165, 1.54) is 24.1 Å². The van der Waals surface area contributed by atoms with Crippen LogP contribution in [0.4, 0.5) is 5.69 Å². The zero-order valence-electron chi connectivity index (χ0n) is 13.8. The van der Waals surface area contributed by atoms with Crippen molar-refractivity contribution in [1.29, 1.82) is 0 Å². The van der Waals surface area contributed by atoms with Crippen LogP contribution in [-0.2, 0) is 11.3 Å². The molecule has 1 aromatic carbocycles. The van der Waals surface area contributed by atoms with Gasteiger partial charge in [-0.3, -0.25) is 4.79 Å². The molecular weight excluding hydrogens is 333 g/mol. The van der Waals surface area contributed by atoms with Crippen LogP contribution in [0.15, 0.2) is 24.3 Å². The number of likely N-dealkylation sites (N-methyl/N-ethyl adjacent to an activating group) is 1. The first-order valence-electron chi connectivity index (χ1n) is 7.94. The molecule has 1 N–H and O–H groups in total. The summed E-state index contributed by atoms with van der Waals surface area (Å²) < 4.78 is 0. The molecule has 1 atom stereocenters. The second kappa shape index (κ2) is 8.76. The lowest BCUT2D eigenvalue weighted by Crippen LogP contribution is -2.45. The van der Waals surface area contributed by atoms with Crippen LogP contribution in [0.1, 0.15) is 25.3 Å². The Hall–Kier alpha value is -0.970. The lowest BCUT2D eigenvalue weighted by Gasteiger charge is -2.28. The summed E-state index contributed by atoms with van der Waals surface area (Å²) >= 11 is 0. The normalized spacial score (nSPS) is 20.0. The van der Waals surface area contributed by atoms with Crippen molar-refractivity contribution in [2.45, 2.75) is 32.4 Å². The molecule has 23 heavy (non-hydrogen) atoms. The number of para-hydroxylation sites is 1. The quantitative estimate of drug-likeness (QED) is 0.897. The highest BCUT2D eigenvalue weighted by Gasteiger charge is 2.27. The first-order chi connectivity index (χ1) is 10.1. The first-order valence-corrected chi connectivity index (χ1v) is 7.94. The third-order valence-corrected chi connectivity index (χ3v) is 4.54. The van der Waals surface area contributed by atoms with Crippen LogP contribution < -0.4 is 10.2 Å². The minimum absolute atomic E-state index is 0. The minimum atomic E-state index is 0. The van der Waals surface area contributed by atoms with Gasteiger partial charge in [-0.25, -0.2) is 0 Å². The third kappa shape index (κ3) is 5.00. The highest BCUT2D eigenvalue weighted by atomic mass is 35.5. The molecule has 0 aromatic heterocycles. The Labute approximate surface area is 151 Å². The number of anilines is 1. The van der Waals surface area contributed by atoms with E-state index in [0.29, 0.717) is 13.1 Å². The van der Waals surface area contributed by atoms with Crippen LogP contribution in [0.5, 0.6) is 0 Å². The minimum Gasteiger partial charge on any atom is -0.372 e. The van der Waals surface area contributed by atoms with E-state index in [0.717, 1.165) is 19.0 Å². The predicted octanol–water partition coefficient (Wildman–Crippen LogP) is 2.70. The fourth-order valence-electron chi connectivity index (χ4n) is 3.09. The summed E-state index contributed by atoms with van der Waals surface area (Å²) in [5, 5.41) is 3.32. The van der Waals surface area contributed by atoms with Crippen LogP contribution in [0, 0.1) is 5.92 Å². The molecule has 130 valence electrons. The number of hydrogen-bond donors (Lipinski definition) is 1. The number of carbonyl (C=O) groups excluding carboxylic acids is 1. The van der Waals surface area contributed by atoms with Gasteiger partial charge in [-0.2, -0.15) is 0 Å². The van der Waals surface area contributed by atoms with Crippen LogP contribution in [0.3, 0.4) is 0 Å². The van der Waals surface area contributed by atoms with Crippen LogP contribution in [0.25, 0.3) is 0 Å². The van der Waals surface area contributed by atoms with E-state index in [4.69, 9.17) is 0 Å². The Morgan fingerprint density at radius 3 is 2.65 bits per heavy atom. The Bertz CT molecular complexity index is 522. The van der Waals surface area contributed by atoms with Gasteiger partial charge in [-0.1, -0.05) is 18.2 Å². The summed E-state index contributed by atoms with van der Waals surface area (Å²) in [6, 6.07) is 8.62. The van der Waals surface area contributed by atoms with Crippen molar-refractivity contribution in [3.63, 3.8) is 0 Å². The summed E-state index contributed by atoms with van der Waals surface area (Å²) in [7, 11) is 2.11. The Kier molecular flexibility index (Phi) is 7.65. The first kappa shape index (κ1) is 20.1. The zero-order chi connectivity index (χ0) is 14.8. The summed E-state index contributed by atoms with van der Waals surface area (Å²) in [4.78, 5) is 16.8. The Morgan fingerprint density at radius 1 is 1.26 bits per heavy atom. The topological polar surface area (TPSA) is 35.6 Å². The van der Waals surface area contributed by atoms with E-state index in [1.807, 2.05) is 4.90 Å². The average Bonchev–Trinajstić information content (AvgIpc) is 3.28. The number of fused-ring (bicyclic) bond motifs is 1. The molecule has 1 saturated carbocycles. The Balaban J connectivity index is 0.00000132. The molecule has 0 radical (unpaired) electrons. The average molecular weight is 360 g/mol. The largest absolute Gasteiger partial charge is 0.372 e. The van der Waals surface area contributed by atoms with Gasteiger partial charge in [-0.15, -0.1) is 24.8 Å². The molecule has 6 heteroatoms. The van der Waals surface area contributed by atoms with Gasteiger partial charge in [0.1, 0.15) is 0 Å². The maximum absolute atomic E-state index is 12.5. The van der Waals surface area contributed by atoms with Crippen molar-refractivity contribution in [1.82, 2.24) is 10.2 Å². The molecule has 0 bridgehead atoms. The van der Waals surface area contributed by atoms with Gasteiger partial charge in [0.05, 0.1) is 6.54 Å². The van der Waals surface area contributed by atoms with Gasteiger partial charge in [-0.05, 0) is 43.9 Å². The van der Waals surface area contributed by atoms with E-state index in [9.17, 15) is 4.79 Å². The number of amides is 1. The molecule has 1 heterocycles. The number of nitrogens with zero attached hydrogens (tertiary/aromatic N) is 2. The van der Waals surface area contributed by atoms with Crippen molar-refractivity contribution in [3.8, 4) is 0 Å². The van der Waals surface area contributed by atoms with E-state index < -0.39 is 0 Å². The van der Waals surface area contributed by atoms with Crippen molar-refractivity contribution >= 4 is 36.4 Å². The molecule has 1 aliphatic carbocycles. The predicted molar refractivity (Wildman–Crippen MR) is 99.8 cm³/mol. The van der Waals surface area contributed by atoms with Crippen molar-refractivity contribution < 1.29 is 4.79 Å². The van der Waals surface area contributed by atoms with E-state index in [-0.39, 0.29) is 36.8 Å². The maximum atomic E-state index is 12.5. The molecule has 1 unspecified atom stereocenters. The van der Waals surface area contributed by atoms with Crippen LogP contribution in [0.2, 0.25) is 0 Å². The molecule has 0 saturated heterocycles. The number of carbonyl (C=O) groups is 1. The summed E-state index contributed by atoms with van der Waals surface area (Å²) in [6.45, 7) is 5.19. The van der Waals surface area contributed by atoms with Crippen molar-refractivity contribution in [3.05, 3.63) is 29.8 Å². The summed E-state index contributed by atoms with van der Waals surface area (Å²) in [5.41, 5.74) is 2.48. The van der Waals surface area contributed by atoms with Gasteiger partial charge in [0.2, 0.25) is 5.91 Å². The third-order valence-electron chi connectivity index (χ3n) is 4.54. The number of benzene rings is 1. The van der Waals surface area contributed by atoms with Crippen LogP contribution in [-0.4, -0.2) is 43.5 Å². The van der Waals surface area contributed by atoms with Gasteiger partial charge in [0.25, 0.3) is 0 Å². The lowest BCUT2D eigenvalue weighted by atomic mass is 10.1. The van der Waals surface area contributed by atoms with E-state index in [1.54, 1.807) is 0 Å². The molecule has 0 spiro atoms. The lowest BCUT2D eigenvalue weighted by molar-refractivity contribution is -0.132. The smallest absolute Gasteiger partial charge is 0.237 e. The molecule has 2 aliphatic rings. The van der Waals surface area contributed by atoms with Gasteiger partial charge < -0.3 is 15.1 Å². The maximum Gasteiger partial charge on any atom is 0.237 e. The molecule has 1 fully saturated rings. The second-order valence-electron chi connectivity index (χ2n) is 6.45. The molecule has 4 nitrogen and oxygen atoms in total. The van der Waals surface area contributed by atoms with Crippen LogP contribution >= 0.6 is 24.8 Å². The van der Waals surface area contributed by atoms with E-state index in [2.05, 4.69) is 48.5 Å². The highest BCUT2D eigenvalue weighted by molar-refractivity contribution is 5.85. The van der Waals surface area contributed by atoms with Crippen molar-refractivity contribution in [2.24, 2.45) is 5.92 Å². The standard InChI is InChI=1S/C17H25N3O.2ClH/c1-13-11-19(2)16-6-4-3-5-15(16)12-20(13)17(21)10-18-9-14-7-8-14;;/h3-6,13-14,18H,7-12H2,1-2H3;2*1H. The molecule has 1 aromatic rings.